The van der Waals surface area contributed by atoms with Crippen molar-refractivity contribution >= 4 is 6.21 Å². The minimum absolute atomic E-state index is 0.298. The molecule has 2 unspecified atom stereocenters. The third-order valence-corrected chi connectivity index (χ3v) is 6.53. The van der Waals surface area contributed by atoms with Crippen LogP contribution in [0.1, 0.15) is 37.8 Å². The number of nitrogens with zero attached hydrogens (tertiary/aromatic N) is 3. The van der Waals surface area contributed by atoms with Gasteiger partial charge in [0.25, 0.3) is 0 Å². The van der Waals surface area contributed by atoms with E-state index in [1.807, 2.05) is 31.5 Å². The lowest BCUT2D eigenvalue weighted by Crippen LogP contribution is -2.53. The average molecular weight is 432 g/mol. The Morgan fingerprint density at radius 3 is 2.62 bits per heavy atom. The molecule has 2 atom stereocenters. The van der Waals surface area contributed by atoms with Gasteiger partial charge in [-0.15, -0.1) is 0 Å². The number of ether oxygens (including phenoxy) is 1. The van der Waals surface area contributed by atoms with Crippen LogP contribution < -0.4 is 4.74 Å². The third kappa shape index (κ3) is 4.12. The highest BCUT2D eigenvalue weighted by Crippen LogP contribution is 2.41. The maximum Gasteiger partial charge on any atom is 0.212 e. The molecule has 1 aromatic heterocycles. The van der Waals surface area contributed by atoms with Crippen molar-refractivity contribution in [3.63, 3.8) is 0 Å². The van der Waals surface area contributed by atoms with E-state index in [-0.39, 0.29) is 5.82 Å². The van der Waals surface area contributed by atoms with E-state index < -0.39 is 11.1 Å². The molecule has 0 saturated carbocycles. The number of hydrogen-bond acceptors (Lipinski definition) is 3. The van der Waals surface area contributed by atoms with Crippen molar-refractivity contribution in [1.82, 2.24) is 9.78 Å². The van der Waals surface area contributed by atoms with Crippen molar-refractivity contribution in [2.75, 3.05) is 0 Å². The van der Waals surface area contributed by atoms with Crippen LogP contribution in [0, 0.1) is 12.7 Å². The Morgan fingerprint density at radius 2 is 1.94 bits per heavy atom. The lowest BCUT2D eigenvalue weighted by Gasteiger charge is -2.43. The minimum atomic E-state index is -0.583. The molecule has 0 amide bonds. The summed E-state index contributed by atoms with van der Waals surface area (Å²) in [6, 6.07) is 17.1. The van der Waals surface area contributed by atoms with Crippen molar-refractivity contribution in [3.8, 4) is 17.1 Å². The van der Waals surface area contributed by atoms with Gasteiger partial charge in [-0.1, -0.05) is 55.0 Å². The van der Waals surface area contributed by atoms with E-state index in [9.17, 15) is 4.39 Å². The summed E-state index contributed by atoms with van der Waals surface area (Å²) < 4.78 is 22.8. The van der Waals surface area contributed by atoms with Crippen molar-refractivity contribution in [1.29, 1.82) is 0 Å². The Morgan fingerprint density at radius 1 is 1.12 bits per heavy atom. The maximum atomic E-state index is 14.3. The van der Waals surface area contributed by atoms with Gasteiger partial charge in [0.05, 0.1) is 5.69 Å². The van der Waals surface area contributed by atoms with Crippen LogP contribution in [0.4, 0.5) is 4.39 Å². The lowest BCUT2D eigenvalue weighted by molar-refractivity contribution is -0.0000313. The first kappa shape index (κ1) is 22.0. The van der Waals surface area contributed by atoms with Gasteiger partial charge < -0.3 is 4.74 Å². The molecule has 0 spiro atoms. The van der Waals surface area contributed by atoms with Crippen molar-refractivity contribution in [3.05, 3.63) is 83.7 Å². The smallest absolute Gasteiger partial charge is 0.212 e. The SMILES string of the molecule is CCC(CCc1cccc(C)c1)(Oc1cc(-c2ccccc2F)nn1C)C1(C)C=CC=N1. The van der Waals surface area contributed by atoms with E-state index >= 15 is 0 Å². The molecule has 32 heavy (non-hydrogen) atoms. The Hall–Kier alpha value is -3.21. The first-order valence-corrected chi connectivity index (χ1v) is 11.1. The summed E-state index contributed by atoms with van der Waals surface area (Å²) >= 11 is 0. The quantitative estimate of drug-likeness (QED) is 0.433. The second-order valence-corrected chi connectivity index (χ2v) is 8.70. The van der Waals surface area contributed by atoms with E-state index in [2.05, 4.69) is 56.2 Å². The number of allylic oxidation sites excluding steroid dienone is 1. The summed E-state index contributed by atoms with van der Waals surface area (Å²) in [5.74, 6) is 0.305. The Kier molecular flexibility index (Phi) is 6.00. The molecule has 4 rings (SSSR count). The largest absolute Gasteiger partial charge is 0.468 e. The Labute approximate surface area is 189 Å². The predicted octanol–water partition coefficient (Wildman–Crippen LogP) is 6.09. The van der Waals surface area contributed by atoms with Crippen LogP contribution in [0.25, 0.3) is 11.3 Å². The Balaban J connectivity index is 1.69. The summed E-state index contributed by atoms with van der Waals surface area (Å²) in [6.07, 6.45) is 8.35. The molecule has 0 N–H and O–H groups in total. The monoisotopic (exact) mass is 431 g/mol. The highest BCUT2D eigenvalue weighted by molar-refractivity contribution is 5.75. The molecular weight excluding hydrogens is 401 g/mol. The summed E-state index contributed by atoms with van der Waals surface area (Å²) in [5.41, 5.74) is 2.45. The van der Waals surface area contributed by atoms with Crippen LogP contribution >= 0.6 is 0 Å². The fourth-order valence-electron chi connectivity index (χ4n) is 4.52. The van der Waals surface area contributed by atoms with Gasteiger partial charge in [-0.2, -0.15) is 5.10 Å². The van der Waals surface area contributed by atoms with Gasteiger partial charge in [0.1, 0.15) is 17.0 Å². The zero-order valence-electron chi connectivity index (χ0n) is 19.2. The minimum Gasteiger partial charge on any atom is -0.468 e. The van der Waals surface area contributed by atoms with Crippen LogP contribution in [0.3, 0.4) is 0 Å². The molecule has 0 fully saturated rings. The van der Waals surface area contributed by atoms with Crippen molar-refractivity contribution in [2.45, 2.75) is 51.2 Å². The van der Waals surface area contributed by atoms with Gasteiger partial charge in [-0.05, 0) is 56.9 Å². The standard InChI is InChI=1S/C27H30FN3O/c1-5-27(26(3)15-9-17-29-26,16-14-21-11-8-10-20(2)18-21)32-25-19-24(30-31(25)4)22-12-6-7-13-23(22)28/h6-13,15,17-19H,5,14,16H2,1-4H3. The average Bonchev–Trinajstić information content (AvgIpc) is 3.38. The van der Waals surface area contributed by atoms with Crippen LogP contribution in [0.2, 0.25) is 0 Å². The van der Waals surface area contributed by atoms with Gasteiger partial charge in [-0.25, -0.2) is 9.07 Å². The van der Waals surface area contributed by atoms with Gasteiger partial charge in [0, 0.05) is 24.9 Å². The number of hydrogen-bond donors (Lipinski definition) is 0. The first-order valence-electron chi connectivity index (χ1n) is 11.1. The molecule has 1 aliphatic rings. The summed E-state index contributed by atoms with van der Waals surface area (Å²) in [4.78, 5) is 4.79. The van der Waals surface area contributed by atoms with Crippen LogP contribution in [0.15, 0.2) is 71.7 Å². The molecule has 4 nitrogen and oxygen atoms in total. The number of aliphatic imine (C=N–C) groups is 1. The molecule has 3 aromatic rings. The van der Waals surface area contributed by atoms with Crippen molar-refractivity contribution in [2.24, 2.45) is 12.0 Å². The van der Waals surface area contributed by atoms with E-state index in [1.165, 1.54) is 17.2 Å². The maximum absolute atomic E-state index is 14.3. The highest BCUT2D eigenvalue weighted by Gasteiger charge is 2.48. The van der Waals surface area contributed by atoms with Crippen LogP contribution in [-0.4, -0.2) is 27.1 Å². The molecule has 2 heterocycles. The fraction of sp³-hybridized carbons (Fsp3) is 0.333. The summed E-state index contributed by atoms with van der Waals surface area (Å²) in [7, 11) is 1.83. The second kappa shape index (κ2) is 8.73. The molecule has 0 bridgehead atoms. The molecule has 0 radical (unpaired) electrons. The van der Waals surface area contributed by atoms with Crippen LogP contribution in [0.5, 0.6) is 5.88 Å². The summed E-state index contributed by atoms with van der Waals surface area (Å²) in [5, 5.41) is 4.53. The van der Waals surface area contributed by atoms with Gasteiger partial charge in [0.15, 0.2) is 0 Å². The third-order valence-electron chi connectivity index (χ3n) is 6.53. The van der Waals surface area contributed by atoms with Gasteiger partial charge in [0.2, 0.25) is 5.88 Å². The van der Waals surface area contributed by atoms with E-state index in [0.717, 1.165) is 19.3 Å². The first-order chi connectivity index (χ1) is 15.4. The summed E-state index contributed by atoms with van der Waals surface area (Å²) in [6.45, 7) is 6.36. The van der Waals surface area contributed by atoms with Gasteiger partial charge >= 0.3 is 0 Å². The molecule has 0 aliphatic carbocycles. The molecule has 166 valence electrons. The fourth-order valence-corrected chi connectivity index (χ4v) is 4.52. The van der Waals surface area contributed by atoms with Gasteiger partial charge in [-0.3, -0.25) is 4.99 Å². The number of aryl methyl sites for hydroxylation is 3. The van der Waals surface area contributed by atoms with E-state index in [0.29, 0.717) is 17.1 Å². The topological polar surface area (TPSA) is 39.4 Å². The molecule has 5 heteroatoms. The van der Waals surface area contributed by atoms with Crippen molar-refractivity contribution < 1.29 is 9.13 Å². The van der Waals surface area contributed by atoms with E-state index in [4.69, 9.17) is 9.73 Å². The number of benzene rings is 2. The molecular formula is C27H30FN3O. The zero-order valence-corrected chi connectivity index (χ0v) is 19.2. The zero-order chi connectivity index (χ0) is 22.8. The Bertz CT molecular complexity index is 1150. The molecule has 1 aliphatic heterocycles. The van der Waals surface area contributed by atoms with E-state index in [1.54, 1.807) is 16.8 Å². The second-order valence-electron chi connectivity index (χ2n) is 8.70. The molecule has 0 saturated heterocycles. The normalized spacial score (nSPS) is 19.3. The predicted molar refractivity (Wildman–Crippen MR) is 128 cm³/mol. The molecule has 2 aromatic carbocycles. The number of rotatable bonds is 8. The highest BCUT2D eigenvalue weighted by atomic mass is 19.1. The lowest BCUT2D eigenvalue weighted by atomic mass is 9.75. The number of aromatic nitrogens is 2. The number of halogens is 1. The van der Waals surface area contributed by atoms with Crippen LogP contribution in [-0.2, 0) is 13.5 Å².